The standard InChI is InChI=1S/C17H16N6O2.C15H12N6O2/c1-9-7-11(8-10(2)14(9)25-6-4-18)23-13-12-3-5-19-15(12)21-22-16(13)20-17(23)24;16-6-8-23-11-4-2-1-3-10(11)21-12-9-5-7-17-13(9)19-20-14(12)18-15(21)22/h3,5,7-8,12,15,19H,6H2,1-2H3,(H,20,24);1-5,7,9,13,17H,8H2,(H,18,22). The molecule has 16 heteroatoms. The number of nitrogens with one attached hydrogen (secondary N) is 4. The Morgan fingerprint density at radius 3 is 1.94 bits per heavy atom. The number of benzene rings is 2. The number of aromatic amines is 2. The summed E-state index contributed by atoms with van der Waals surface area (Å²) < 4.78 is 14.1. The Labute approximate surface area is 272 Å². The van der Waals surface area contributed by atoms with E-state index in [1.54, 1.807) is 22.8 Å². The van der Waals surface area contributed by atoms with Gasteiger partial charge in [0.25, 0.3) is 0 Å². The molecule has 0 bridgehead atoms. The van der Waals surface area contributed by atoms with Crippen LogP contribution in [0, 0.1) is 36.5 Å². The largest absolute Gasteiger partial charge is 0.478 e. The summed E-state index contributed by atoms with van der Waals surface area (Å²) in [7, 11) is 0. The van der Waals surface area contributed by atoms with Crippen LogP contribution in [-0.2, 0) is 0 Å². The van der Waals surface area contributed by atoms with Gasteiger partial charge in [0.15, 0.2) is 37.2 Å². The summed E-state index contributed by atoms with van der Waals surface area (Å²) in [5, 5.41) is 40.2. The molecule has 0 fully saturated rings. The van der Waals surface area contributed by atoms with Crippen LogP contribution in [0.5, 0.6) is 11.5 Å². The number of nitrogens with zero attached hydrogens (tertiary/aromatic N) is 8. The maximum Gasteiger partial charge on any atom is 0.332 e. The van der Waals surface area contributed by atoms with Crippen molar-refractivity contribution in [2.45, 2.75) is 38.0 Å². The summed E-state index contributed by atoms with van der Waals surface area (Å²) in [6.07, 6.45) is 7.18. The van der Waals surface area contributed by atoms with Gasteiger partial charge < -0.3 is 20.1 Å². The molecule has 4 N–H and O–H groups in total. The molecule has 0 saturated carbocycles. The smallest absolute Gasteiger partial charge is 0.332 e. The van der Waals surface area contributed by atoms with E-state index < -0.39 is 0 Å². The van der Waals surface area contributed by atoms with E-state index in [2.05, 4.69) is 41.1 Å². The van der Waals surface area contributed by atoms with Crippen molar-refractivity contribution < 1.29 is 9.47 Å². The lowest BCUT2D eigenvalue weighted by Crippen LogP contribution is -2.27. The van der Waals surface area contributed by atoms with Gasteiger partial charge in [0.2, 0.25) is 0 Å². The lowest BCUT2D eigenvalue weighted by molar-refractivity contribution is 0.363. The van der Waals surface area contributed by atoms with Crippen molar-refractivity contribution >= 4 is 11.6 Å². The molecule has 4 aliphatic rings. The first-order chi connectivity index (χ1) is 23.4. The minimum absolute atomic E-state index is 0.0128. The summed E-state index contributed by atoms with van der Waals surface area (Å²) in [4.78, 5) is 30.5. The average molecular weight is 645 g/mol. The molecule has 8 rings (SSSR count). The van der Waals surface area contributed by atoms with Crippen molar-refractivity contribution in [3.8, 4) is 35.0 Å². The van der Waals surface area contributed by atoms with Gasteiger partial charge in [-0.3, -0.25) is 19.1 Å². The number of nitriles is 2. The van der Waals surface area contributed by atoms with E-state index in [0.717, 1.165) is 28.2 Å². The minimum Gasteiger partial charge on any atom is -0.478 e. The third kappa shape index (κ3) is 5.11. The number of fused-ring (bicyclic) bond motifs is 6. The number of azo groups is 2. The molecule has 2 aromatic carbocycles. The Bertz CT molecular complexity index is 2220. The van der Waals surface area contributed by atoms with Crippen molar-refractivity contribution in [2.75, 3.05) is 13.2 Å². The number of hydrogen-bond donors (Lipinski definition) is 4. The fourth-order valence-corrected chi connectivity index (χ4v) is 6.26. The Kier molecular flexibility index (Phi) is 7.66. The van der Waals surface area contributed by atoms with Gasteiger partial charge in [-0.25, -0.2) is 9.59 Å². The van der Waals surface area contributed by atoms with E-state index in [9.17, 15) is 9.59 Å². The number of aromatic nitrogens is 4. The van der Waals surface area contributed by atoms with Crippen molar-refractivity contribution in [1.29, 1.82) is 10.5 Å². The molecule has 0 saturated heterocycles. The minimum atomic E-state index is -0.317. The molecular formula is C32H28N12O4. The van der Waals surface area contributed by atoms with Gasteiger partial charge in [-0.05, 0) is 61.6 Å². The fourth-order valence-electron chi connectivity index (χ4n) is 6.26. The molecule has 48 heavy (non-hydrogen) atoms. The predicted octanol–water partition coefficient (Wildman–Crippen LogP) is 4.00. The summed E-state index contributed by atoms with van der Waals surface area (Å²) in [5.41, 5.74) is 3.97. The van der Waals surface area contributed by atoms with Crippen LogP contribution in [0.15, 0.2) is 91.0 Å². The van der Waals surface area contributed by atoms with Gasteiger partial charge in [-0.2, -0.15) is 20.8 Å². The Morgan fingerprint density at radius 1 is 0.792 bits per heavy atom. The van der Waals surface area contributed by atoms with Gasteiger partial charge in [-0.15, -0.1) is 10.2 Å². The number of imidazole rings is 2. The zero-order valence-electron chi connectivity index (χ0n) is 25.7. The quantitative estimate of drug-likeness (QED) is 0.240. The topological polar surface area (TPSA) is 215 Å². The molecule has 240 valence electrons. The lowest BCUT2D eigenvalue weighted by atomic mass is 10.0. The highest BCUT2D eigenvalue weighted by molar-refractivity contribution is 5.55. The van der Waals surface area contributed by atoms with Crippen LogP contribution in [0.25, 0.3) is 11.4 Å². The molecule has 2 aromatic heterocycles. The lowest BCUT2D eigenvalue weighted by Gasteiger charge is -2.21. The summed E-state index contributed by atoms with van der Waals surface area (Å²) >= 11 is 0. The predicted molar refractivity (Wildman–Crippen MR) is 171 cm³/mol. The molecule has 4 unspecified atom stereocenters. The van der Waals surface area contributed by atoms with Gasteiger partial charge in [-0.1, -0.05) is 24.3 Å². The number of rotatable bonds is 6. The highest BCUT2D eigenvalue weighted by atomic mass is 16.5. The molecule has 0 amide bonds. The molecule has 4 aromatic rings. The van der Waals surface area contributed by atoms with Gasteiger partial charge in [0, 0.05) is 0 Å². The maximum atomic E-state index is 12.6. The van der Waals surface area contributed by atoms with E-state index in [0.29, 0.717) is 28.8 Å². The summed E-state index contributed by atoms with van der Waals surface area (Å²) in [6, 6.07) is 14.8. The zero-order chi connectivity index (χ0) is 33.4. The van der Waals surface area contributed by atoms with Crippen LogP contribution >= 0.6 is 0 Å². The SMILES string of the molecule is Cc1cc(-n2c3c([nH]c2=O)N=NC2NC=CC32)cc(C)c1OCC#N.N#CCOc1ccccc1-n1c2c([nH]c1=O)N=NC1NC=CC21. The molecule has 0 radical (unpaired) electrons. The number of H-pyrrole nitrogens is 2. The number of ether oxygens (including phenoxy) is 2. The molecule has 6 heterocycles. The number of para-hydroxylation sites is 2. The van der Waals surface area contributed by atoms with Crippen LogP contribution < -0.4 is 31.5 Å². The third-order valence-corrected chi connectivity index (χ3v) is 8.22. The van der Waals surface area contributed by atoms with Crippen LogP contribution in [0.2, 0.25) is 0 Å². The third-order valence-electron chi connectivity index (χ3n) is 8.22. The Morgan fingerprint density at radius 2 is 1.33 bits per heavy atom. The van der Waals surface area contributed by atoms with Crippen molar-refractivity contribution in [1.82, 2.24) is 29.7 Å². The fraction of sp³-hybridized carbons (Fsp3) is 0.250. The number of aryl methyl sites for hydroxylation is 2. The second-order valence-electron chi connectivity index (χ2n) is 11.2. The summed E-state index contributed by atoms with van der Waals surface area (Å²) in [5.74, 6) is 1.92. The molecule has 0 spiro atoms. The van der Waals surface area contributed by atoms with E-state index in [1.165, 1.54) is 4.57 Å². The zero-order valence-corrected chi connectivity index (χ0v) is 25.7. The second kappa shape index (κ2) is 12.3. The molecule has 4 atom stereocenters. The van der Waals surface area contributed by atoms with Gasteiger partial charge >= 0.3 is 11.4 Å². The summed E-state index contributed by atoms with van der Waals surface area (Å²) in [6.45, 7) is 3.69. The molecule has 4 aliphatic heterocycles. The molecular weight excluding hydrogens is 616 g/mol. The van der Waals surface area contributed by atoms with Crippen LogP contribution in [0.1, 0.15) is 34.4 Å². The second-order valence-corrected chi connectivity index (χ2v) is 11.2. The molecule has 0 aliphatic carbocycles. The van der Waals surface area contributed by atoms with Crippen molar-refractivity contribution in [3.63, 3.8) is 0 Å². The first-order valence-corrected chi connectivity index (χ1v) is 15.0. The average Bonchev–Trinajstić information content (AvgIpc) is 3.87. The number of hydrogen-bond acceptors (Lipinski definition) is 12. The molecule has 16 nitrogen and oxygen atoms in total. The van der Waals surface area contributed by atoms with E-state index in [4.69, 9.17) is 20.0 Å². The maximum absolute atomic E-state index is 12.6. The van der Waals surface area contributed by atoms with E-state index >= 15 is 0 Å². The van der Waals surface area contributed by atoms with Crippen LogP contribution in [-0.4, -0.2) is 44.6 Å². The normalized spacial score (nSPS) is 20.2. The van der Waals surface area contributed by atoms with Crippen LogP contribution in [0.3, 0.4) is 0 Å². The Balaban J connectivity index is 0.000000152. The van der Waals surface area contributed by atoms with Crippen molar-refractivity contribution in [3.05, 3.63) is 104 Å². The first-order valence-electron chi connectivity index (χ1n) is 15.0. The van der Waals surface area contributed by atoms with Gasteiger partial charge in [0.1, 0.15) is 23.6 Å². The highest BCUT2D eigenvalue weighted by Gasteiger charge is 2.36. The highest BCUT2D eigenvalue weighted by Crippen LogP contribution is 2.39. The van der Waals surface area contributed by atoms with Crippen molar-refractivity contribution in [2.24, 2.45) is 20.5 Å². The van der Waals surface area contributed by atoms with Gasteiger partial charge in [0.05, 0.1) is 34.6 Å². The Hall–Kier alpha value is -6.68. The van der Waals surface area contributed by atoms with Crippen LogP contribution in [0.4, 0.5) is 11.6 Å². The van der Waals surface area contributed by atoms with E-state index in [1.807, 2.05) is 68.7 Å². The van der Waals surface area contributed by atoms with E-state index in [-0.39, 0.29) is 48.8 Å². The first kappa shape index (κ1) is 30.0. The monoisotopic (exact) mass is 644 g/mol.